The fourth-order valence-corrected chi connectivity index (χ4v) is 1.17. The quantitative estimate of drug-likeness (QED) is 0.391. The van der Waals surface area contributed by atoms with Gasteiger partial charge in [-0.15, -0.1) is 0 Å². The molecule has 2 rings (SSSR count). The second-order valence-electron chi connectivity index (χ2n) is 3.10. The summed E-state index contributed by atoms with van der Waals surface area (Å²) in [6.07, 6.45) is 2.90. The third-order valence-corrected chi connectivity index (χ3v) is 1.97. The molecule has 74 valence electrons. The average molecular weight is 196 g/mol. The van der Waals surface area contributed by atoms with E-state index in [2.05, 4.69) is 0 Å². The largest absolute Gasteiger partial charge is 0.371 e. The van der Waals surface area contributed by atoms with E-state index in [9.17, 15) is 14.9 Å². The van der Waals surface area contributed by atoms with Gasteiger partial charge in [0.2, 0.25) is 0 Å². The first-order chi connectivity index (χ1) is 6.66. The Morgan fingerprint density at radius 2 is 2.43 bits per heavy atom. The van der Waals surface area contributed by atoms with Crippen LogP contribution in [0.2, 0.25) is 0 Å². The van der Waals surface area contributed by atoms with E-state index in [1.165, 1.54) is 18.5 Å². The second kappa shape index (κ2) is 3.22. The highest BCUT2D eigenvalue weighted by molar-refractivity contribution is 5.25. The van der Waals surface area contributed by atoms with Crippen LogP contribution in [0.25, 0.3) is 0 Å². The van der Waals surface area contributed by atoms with Crippen molar-refractivity contribution >= 4 is 5.69 Å². The maximum Gasteiger partial charge on any atom is 0.332 e. The lowest BCUT2D eigenvalue weighted by molar-refractivity contribution is -0.386. The smallest absolute Gasteiger partial charge is 0.332 e. The Morgan fingerprint density at radius 3 is 3.00 bits per heavy atom. The van der Waals surface area contributed by atoms with Gasteiger partial charge in [0, 0.05) is 12.3 Å². The Hall–Kier alpha value is -1.69. The summed E-state index contributed by atoms with van der Waals surface area (Å²) in [7, 11) is 0. The van der Waals surface area contributed by atoms with E-state index >= 15 is 0 Å². The molecule has 6 heteroatoms. The van der Waals surface area contributed by atoms with Gasteiger partial charge in [-0.2, -0.15) is 0 Å². The van der Waals surface area contributed by atoms with Crippen molar-refractivity contribution in [2.75, 3.05) is 6.61 Å². The van der Waals surface area contributed by atoms with Gasteiger partial charge in [0.15, 0.2) is 0 Å². The van der Waals surface area contributed by atoms with Gasteiger partial charge < -0.3 is 9.30 Å². The Labute approximate surface area is 78.9 Å². The minimum atomic E-state index is -0.674. The maximum atomic E-state index is 11.0. The summed E-state index contributed by atoms with van der Waals surface area (Å²) in [5.74, 6) is 0. The number of rotatable bonds is 3. The molecule has 1 saturated heterocycles. The molecule has 1 atom stereocenters. The molecule has 0 aromatic carbocycles. The molecule has 1 fully saturated rings. The van der Waals surface area contributed by atoms with Gasteiger partial charge in [0.25, 0.3) is 5.43 Å². The number of hydrogen-bond acceptors (Lipinski definition) is 4. The minimum Gasteiger partial charge on any atom is -0.371 e. The Kier molecular flexibility index (Phi) is 2.05. The average Bonchev–Trinajstić information content (AvgIpc) is 2.92. The van der Waals surface area contributed by atoms with E-state index < -0.39 is 16.0 Å². The number of epoxide rings is 1. The first kappa shape index (κ1) is 8.89. The molecule has 1 aromatic heterocycles. The standard InChI is InChI=1S/C8H8N2O4/c11-8-1-2-9(3-6-5-14-6)4-7(8)10(12)13/h1-2,4,6H,3,5H2. The van der Waals surface area contributed by atoms with Crippen LogP contribution in [0, 0.1) is 10.1 Å². The van der Waals surface area contributed by atoms with E-state index in [1.54, 1.807) is 4.57 Å². The number of hydrogen-bond donors (Lipinski definition) is 0. The molecule has 1 aromatic rings. The minimum absolute atomic E-state index is 0.136. The van der Waals surface area contributed by atoms with Crippen LogP contribution in [0.5, 0.6) is 0 Å². The van der Waals surface area contributed by atoms with Crippen LogP contribution in [0.4, 0.5) is 5.69 Å². The van der Waals surface area contributed by atoms with Crippen LogP contribution < -0.4 is 5.43 Å². The van der Waals surface area contributed by atoms with E-state index in [0.29, 0.717) is 13.2 Å². The zero-order chi connectivity index (χ0) is 10.1. The lowest BCUT2D eigenvalue weighted by Gasteiger charge is -2.01. The Morgan fingerprint density at radius 1 is 1.71 bits per heavy atom. The first-order valence-electron chi connectivity index (χ1n) is 4.13. The predicted molar refractivity (Wildman–Crippen MR) is 47.1 cm³/mol. The molecule has 14 heavy (non-hydrogen) atoms. The first-order valence-corrected chi connectivity index (χ1v) is 4.13. The number of nitro groups is 1. The molecule has 0 aliphatic carbocycles. The summed E-state index contributed by atoms with van der Waals surface area (Å²) in [5.41, 5.74) is -0.962. The highest BCUT2D eigenvalue weighted by Crippen LogP contribution is 2.12. The summed E-state index contributed by atoms with van der Waals surface area (Å²) >= 11 is 0. The van der Waals surface area contributed by atoms with Crippen LogP contribution >= 0.6 is 0 Å². The van der Waals surface area contributed by atoms with Crippen molar-refractivity contribution in [1.82, 2.24) is 4.57 Å². The van der Waals surface area contributed by atoms with Crippen LogP contribution in [-0.2, 0) is 11.3 Å². The Balaban J connectivity index is 2.29. The van der Waals surface area contributed by atoms with Crippen LogP contribution in [0.1, 0.15) is 0 Å². The van der Waals surface area contributed by atoms with Crippen LogP contribution in [0.3, 0.4) is 0 Å². The van der Waals surface area contributed by atoms with Crippen molar-refractivity contribution in [1.29, 1.82) is 0 Å². The molecule has 1 aliphatic heterocycles. The highest BCUT2D eigenvalue weighted by atomic mass is 16.6. The fraction of sp³-hybridized carbons (Fsp3) is 0.375. The number of pyridine rings is 1. The van der Waals surface area contributed by atoms with E-state index in [-0.39, 0.29) is 6.10 Å². The monoisotopic (exact) mass is 196 g/mol. The van der Waals surface area contributed by atoms with E-state index in [0.717, 1.165) is 0 Å². The third-order valence-electron chi connectivity index (χ3n) is 1.97. The van der Waals surface area contributed by atoms with Crippen LogP contribution in [-0.4, -0.2) is 22.2 Å². The lowest BCUT2D eigenvalue weighted by atomic mass is 10.4. The van der Waals surface area contributed by atoms with Gasteiger partial charge in [-0.3, -0.25) is 14.9 Å². The molecule has 0 radical (unpaired) electrons. The summed E-state index contributed by atoms with van der Waals surface area (Å²) in [6.45, 7) is 1.24. The highest BCUT2D eigenvalue weighted by Gasteiger charge is 2.23. The van der Waals surface area contributed by atoms with Crippen molar-refractivity contribution in [2.24, 2.45) is 0 Å². The molecular formula is C8H8N2O4. The molecule has 0 spiro atoms. The Bertz CT molecular complexity index is 422. The zero-order valence-corrected chi connectivity index (χ0v) is 7.25. The molecule has 6 nitrogen and oxygen atoms in total. The summed E-state index contributed by atoms with van der Waals surface area (Å²) in [5, 5.41) is 10.4. The normalized spacial score (nSPS) is 19.3. The van der Waals surface area contributed by atoms with Crippen molar-refractivity contribution in [3.63, 3.8) is 0 Å². The number of nitrogens with zero attached hydrogens (tertiary/aromatic N) is 2. The van der Waals surface area contributed by atoms with Gasteiger partial charge in [-0.05, 0) is 0 Å². The van der Waals surface area contributed by atoms with Gasteiger partial charge in [-0.1, -0.05) is 0 Å². The fourth-order valence-electron chi connectivity index (χ4n) is 1.17. The number of aromatic nitrogens is 1. The molecule has 0 saturated carbocycles. The molecule has 0 bridgehead atoms. The van der Waals surface area contributed by atoms with Crippen LogP contribution in [0.15, 0.2) is 23.3 Å². The van der Waals surface area contributed by atoms with Gasteiger partial charge >= 0.3 is 5.69 Å². The molecule has 1 unspecified atom stereocenters. The van der Waals surface area contributed by atoms with Crippen molar-refractivity contribution in [3.05, 3.63) is 38.8 Å². The van der Waals surface area contributed by atoms with Crippen molar-refractivity contribution < 1.29 is 9.66 Å². The summed E-state index contributed by atoms with van der Waals surface area (Å²) in [6, 6.07) is 1.19. The van der Waals surface area contributed by atoms with Crippen molar-refractivity contribution in [3.8, 4) is 0 Å². The van der Waals surface area contributed by atoms with Crippen molar-refractivity contribution in [2.45, 2.75) is 12.6 Å². The molecular weight excluding hydrogens is 188 g/mol. The topological polar surface area (TPSA) is 77.7 Å². The second-order valence-corrected chi connectivity index (χ2v) is 3.10. The van der Waals surface area contributed by atoms with Gasteiger partial charge in [-0.25, -0.2) is 0 Å². The summed E-state index contributed by atoms with van der Waals surface area (Å²) < 4.78 is 6.57. The molecule has 1 aliphatic rings. The van der Waals surface area contributed by atoms with E-state index in [4.69, 9.17) is 4.74 Å². The lowest BCUT2D eigenvalue weighted by Crippen LogP contribution is -2.12. The van der Waals surface area contributed by atoms with Gasteiger partial charge in [0.05, 0.1) is 30.4 Å². The zero-order valence-electron chi connectivity index (χ0n) is 7.25. The SMILES string of the molecule is O=c1ccn(CC2CO2)cc1[N+](=O)[O-]. The van der Waals surface area contributed by atoms with E-state index in [1.807, 2.05) is 0 Å². The maximum absolute atomic E-state index is 11.0. The summed E-state index contributed by atoms with van der Waals surface area (Å²) in [4.78, 5) is 20.8. The molecule has 0 N–H and O–H groups in total. The number of ether oxygens (including phenoxy) is 1. The predicted octanol–water partition coefficient (Wildman–Crippen LogP) is 0.155. The molecule has 2 heterocycles. The molecule has 0 amide bonds. The van der Waals surface area contributed by atoms with Gasteiger partial charge in [0.1, 0.15) is 0 Å². The third kappa shape index (κ3) is 1.80.